The van der Waals surface area contributed by atoms with Crippen LogP contribution in [-0.2, 0) is 9.05 Å². The van der Waals surface area contributed by atoms with Crippen molar-refractivity contribution in [3.05, 3.63) is 24.3 Å². The standard InChI is InChI=1S/C9H5ClF6O3S/c10-20(17,18)6-4-2-1-3-5(6)19-9(15,16)7(11)8(12,13)14/h1-4,7H. The largest absolute Gasteiger partial charge is 0.439 e. The van der Waals surface area contributed by atoms with Crippen LogP contribution in [0.4, 0.5) is 26.3 Å². The van der Waals surface area contributed by atoms with E-state index in [0.717, 1.165) is 12.1 Å². The van der Waals surface area contributed by atoms with Gasteiger partial charge in [0.1, 0.15) is 10.6 Å². The van der Waals surface area contributed by atoms with Gasteiger partial charge in [0.05, 0.1) is 0 Å². The summed E-state index contributed by atoms with van der Waals surface area (Å²) in [5.74, 6) is -1.20. The van der Waals surface area contributed by atoms with Crippen LogP contribution in [0.25, 0.3) is 0 Å². The fraction of sp³-hybridized carbons (Fsp3) is 0.333. The van der Waals surface area contributed by atoms with Gasteiger partial charge in [-0.05, 0) is 12.1 Å². The highest BCUT2D eigenvalue weighted by Gasteiger charge is 2.59. The molecule has 0 aromatic heterocycles. The molecule has 0 N–H and O–H groups in total. The lowest BCUT2D eigenvalue weighted by molar-refractivity contribution is -0.305. The van der Waals surface area contributed by atoms with E-state index >= 15 is 0 Å². The van der Waals surface area contributed by atoms with Gasteiger partial charge in [0.25, 0.3) is 15.2 Å². The Morgan fingerprint density at radius 2 is 1.60 bits per heavy atom. The van der Waals surface area contributed by atoms with Crippen LogP contribution in [0, 0.1) is 0 Å². The second kappa shape index (κ2) is 5.32. The van der Waals surface area contributed by atoms with Crippen LogP contribution in [0.3, 0.4) is 0 Å². The first-order valence-corrected chi connectivity index (χ1v) is 6.98. The van der Waals surface area contributed by atoms with Crippen molar-refractivity contribution in [1.82, 2.24) is 0 Å². The van der Waals surface area contributed by atoms with E-state index in [4.69, 9.17) is 10.7 Å². The number of para-hydroxylation sites is 1. The summed E-state index contributed by atoms with van der Waals surface area (Å²) in [7, 11) is 0.337. The number of hydrogen-bond donors (Lipinski definition) is 0. The molecule has 0 radical (unpaired) electrons. The molecule has 11 heteroatoms. The smallest absolute Gasteiger partial charge is 0.429 e. The van der Waals surface area contributed by atoms with Gasteiger partial charge in [-0.3, -0.25) is 0 Å². The summed E-state index contributed by atoms with van der Waals surface area (Å²) in [4.78, 5) is -1.00. The van der Waals surface area contributed by atoms with Gasteiger partial charge in [-0.25, -0.2) is 12.8 Å². The van der Waals surface area contributed by atoms with Crippen molar-refractivity contribution in [1.29, 1.82) is 0 Å². The highest BCUT2D eigenvalue weighted by molar-refractivity contribution is 8.13. The van der Waals surface area contributed by atoms with Gasteiger partial charge < -0.3 is 4.74 Å². The Hall–Kier alpha value is -1.16. The van der Waals surface area contributed by atoms with Crippen molar-refractivity contribution in [2.24, 2.45) is 0 Å². The quantitative estimate of drug-likeness (QED) is 0.621. The number of halogens is 7. The van der Waals surface area contributed by atoms with Crippen molar-refractivity contribution in [2.45, 2.75) is 23.4 Å². The molecule has 0 spiro atoms. The first kappa shape index (κ1) is 16.9. The summed E-state index contributed by atoms with van der Waals surface area (Å²) in [6, 6.07) is 3.40. The molecule has 0 aliphatic carbocycles. The van der Waals surface area contributed by atoms with Crippen molar-refractivity contribution < 1.29 is 39.5 Å². The predicted octanol–water partition coefficient (Wildman–Crippen LogP) is 3.49. The number of rotatable bonds is 4. The van der Waals surface area contributed by atoms with Gasteiger partial charge in [-0.1, -0.05) is 12.1 Å². The Morgan fingerprint density at radius 1 is 1.10 bits per heavy atom. The number of alkyl halides is 6. The molecule has 1 aromatic rings. The minimum Gasteiger partial charge on any atom is -0.429 e. The van der Waals surface area contributed by atoms with Gasteiger partial charge in [0.15, 0.2) is 0 Å². The molecule has 114 valence electrons. The lowest BCUT2D eigenvalue weighted by Crippen LogP contribution is -2.45. The van der Waals surface area contributed by atoms with E-state index in [1.165, 1.54) is 0 Å². The molecule has 0 saturated heterocycles. The van der Waals surface area contributed by atoms with E-state index in [1.807, 2.05) is 0 Å². The Labute approximate surface area is 113 Å². The fourth-order valence-electron chi connectivity index (χ4n) is 1.12. The van der Waals surface area contributed by atoms with Gasteiger partial charge in [0.2, 0.25) is 0 Å². The van der Waals surface area contributed by atoms with Crippen molar-refractivity contribution in [3.63, 3.8) is 0 Å². The van der Waals surface area contributed by atoms with Crippen LogP contribution < -0.4 is 4.74 Å². The van der Waals surface area contributed by atoms with Crippen LogP contribution in [0.5, 0.6) is 5.75 Å². The molecule has 1 atom stereocenters. The third-order valence-electron chi connectivity index (χ3n) is 1.94. The van der Waals surface area contributed by atoms with Crippen molar-refractivity contribution >= 4 is 19.7 Å². The molecule has 20 heavy (non-hydrogen) atoms. The zero-order valence-corrected chi connectivity index (χ0v) is 10.7. The van der Waals surface area contributed by atoms with E-state index in [9.17, 15) is 34.8 Å². The lowest BCUT2D eigenvalue weighted by atomic mass is 10.3. The number of benzene rings is 1. The minimum absolute atomic E-state index is 0.617. The highest BCUT2D eigenvalue weighted by atomic mass is 35.7. The Morgan fingerprint density at radius 3 is 2.05 bits per heavy atom. The summed E-state index contributed by atoms with van der Waals surface area (Å²) in [5, 5.41) is 0. The van der Waals surface area contributed by atoms with Crippen LogP contribution >= 0.6 is 10.7 Å². The van der Waals surface area contributed by atoms with Gasteiger partial charge in [-0.15, -0.1) is 0 Å². The fourth-order valence-corrected chi connectivity index (χ4v) is 2.10. The van der Waals surface area contributed by atoms with Gasteiger partial charge in [-0.2, -0.15) is 22.0 Å². The maximum absolute atomic E-state index is 13.0. The Kier molecular flexibility index (Phi) is 4.49. The minimum atomic E-state index is -5.88. The van der Waals surface area contributed by atoms with E-state index < -0.39 is 38.2 Å². The third-order valence-corrected chi connectivity index (χ3v) is 3.30. The van der Waals surface area contributed by atoms with Crippen LogP contribution in [0.1, 0.15) is 0 Å². The Bertz CT molecular complexity index is 586. The van der Waals surface area contributed by atoms with E-state index in [2.05, 4.69) is 4.74 Å². The zero-order chi connectivity index (χ0) is 15.8. The molecule has 0 aliphatic rings. The molecular weight excluding hydrogens is 338 g/mol. The normalized spacial score (nSPS) is 14.9. The van der Waals surface area contributed by atoms with Crippen LogP contribution in [0.15, 0.2) is 29.2 Å². The van der Waals surface area contributed by atoms with Crippen LogP contribution in [-0.4, -0.2) is 26.9 Å². The zero-order valence-electron chi connectivity index (χ0n) is 9.17. The topological polar surface area (TPSA) is 43.4 Å². The first-order chi connectivity index (χ1) is 8.86. The molecule has 0 heterocycles. The molecule has 1 rings (SSSR count). The van der Waals surface area contributed by atoms with Crippen molar-refractivity contribution in [3.8, 4) is 5.75 Å². The second-order valence-corrected chi connectivity index (χ2v) is 5.99. The Balaban J connectivity index is 3.17. The van der Waals surface area contributed by atoms with Gasteiger partial charge >= 0.3 is 12.3 Å². The monoisotopic (exact) mass is 342 g/mol. The molecule has 0 saturated carbocycles. The molecular formula is C9H5ClF6O3S. The summed E-state index contributed by atoms with van der Waals surface area (Å²) < 4.78 is 100.0. The summed E-state index contributed by atoms with van der Waals surface area (Å²) in [6.45, 7) is 0. The molecule has 0 fully saturated rings. The lowest BCUT2D eigenvalue weighted by Gasteiger charge is -2.23. The van der Waals surface area contributed by atoms with Crippen molar-refractivity contribution in [2.75, 3.05) is 0 Å². The highest BCUT2D eigenvalue weighted by Crippen LogP contribution is 2.38. The van der Waals surface area contributed by atoms with E-state index in [-0.39, 0.29) is 0 Å². The summed E-state index contributed by atoms with van der Waals surface area (Å²) in [6.07, 6.45) is -15.8. The average Bonchev–Trinajstić information content (AvgIpc) is 2.25. The molecule has 0 bridgehead atoms. The maximum Gasteiger partial charge on any atom is 0.439 e. The average molecular weight is 343 g/mol. The third kappa shape index (κ3) is 3.92. The molecule has 0 amide bonds. The second-order valence-electron chi connectivity index (χ2n) is 3.45. The number of hydrogen-bond acceptors (Lipinski definition) is 3. The first-order valence-electron chi connectivity index (χ1n) is 4.67. The SMILES string of the molecule is O=S(=O)(Cl)c1ccccc1OC(F)(F)C(F)C(F)(F)F. The molecule has 1 aromatic carbocycles. The summed E-state index contributed by atoms with van der Waals surface area (Å²) in [5.41, 5.74) is 0. The van der Waals surface area contributed by atoms with Crippen LogP contribution in [0.2, 0.25) is 0 Å². The maximum atomic E-state index is 13.0. The van der Waals surface area contributed by atoms with E-state index in [1.54, 1.807) is 0 Å². The van der Waals surface area contributed by atoms with Gasteiger partial charge in [0, 0.05) is 10.7 Å². The molecule has 1 unspecified atom stereocenters. The predicted molar refractivity (Wildman–Crippen MR) is 56.0 cm³/mol. The molecule has 3 nitrogen and oxygen atoms in total. The molecule has 0 aliphatic heterocycles. The van der Waals surface area contributed by atoms with E-state index in [0.29, 0.717) is 12.1 Å². The number of ether oxygens (including phenoxy) is 1. The summed E-state index contributed by atoms with van der Waals surface area (Å²) >= 11 is 0.